The highest BCUT2D eigenvalue weighted by Gasteiger charge is 2.47. The monoisotopic (exact) mass is 298 g/mol. The van der Waals surface area contributed by atoms with Crippen LogP contribution in [-0.2, 0) is 19.0 Å². The first-order valence-electron chi connectivity index (χ1n) is 7.44. The second-order valence-corrected chi connectivity index (χ2v) is 5.11. The minimum absolute atomic E-state index is 0.0840. The van der Waals surface area contributed by atoms with Gasteiger partial charge in [-0.25, -0.2) is 4.79 Å². The van der Waals surface area contributed by atoms with Crippen LogP contribution in [-0.4, -0.2) is 41.8 Å². The fraction of sp³-hybridized carbons (Fsp3) is 0.688. The lowest BCUT2D eigenvalue weighted by Gasteiger charge is -2.26. The number of carbonyl (C=O) groups is 1. The highest BCUT2D eigenvalue weighted by molar-refractivity contribution is 5.87. The summed E-state index contributed by atoms with van der Waals surface area (Å²) in [7, 11) is 0. The molecule has 0 saturated carbocycles. The van der Waals surface area contributed by atoms with Gasteiger partial charge in [-0.3, -0.25) is 0 Å². The Bertz CT molecular complexity index is 386. The minimum atomic E-state index is -0.898. The summed E-state index contributed by atoms with van der Waals surface area (Å²) in [5.41, 5.74) is 0.223. The fourth-order valence-corrected chi connectivity index (χ4v) is 2.41. The van der Waals surface area contributed by atoms with Crippen LogP contribution in [0.15, 0.2) is 24.8 Å². The number of hydrogen-bond donors (Lipinski definition) is 1. The number of carbonyl (C=O) groups excluding carboxylic acids is 1. The van der Waals surface area contributed by atoms with Gasteiger partial charge in [-0.2, -0.15) is 0 Å². The molecule has 120 valence electrons. The Balaban J connectivity index is 2.72. The molecule has 5 heteroatoms. The first-order chi connectivity index (χ1) is 9.92. The zero-order valence-electron chi connectivity index (χ0n) is 13.1. The van der Waals surface area contributed by atoms with Crippen LogP contribution in [0.25, 0.3) is 0 Å². The standard InChI is InChI=1S/C16H26O5/c1-6-13-14(21-16(7-2,8-3)20-13)12(17)10-11(5)15(18)19-9-4/h6,12-14,17H,1,5,7-10H2,2-4H3/t12-,13+,14-/m0/s1. The van der Waals surface area contributed by atoms with E-state index in [1.54, 1.807) is 13.0 Å². The van der Waals surface area contributed by atoms with Crippen LogP contribution in [0, 0.1) is 0 Å². The van der Waals surface area contributed by atoms with Gasteiger partial charge in [-0.05, 0) is 19.8 Å². The van der Waals surface area contributed by atoms with Crippen molar-refractivity contribution in [2.24, 2.45) is 0 Å². The topological polar surface area (TPSA) is 65.0 Å². The number of esters is 1. The van der Waals surface area contributed by atoms with E-state index in [9.17, 15) is 9.90 Å². The maximum absolute atomic E-state index is 11.6. The molecule has 1 aliphatic heterocycles. The van der Waals surface area contributed by atoms with Crippen LogP contribution in [0.2, 0.25) is 0 Å². The van der Waals surface area contributed by atoms with Crippen molar-refractivity contribution in [1.82, 2.24) is 0 Å². The van der Waals surface area contributed by atoms with E-state index in [1.807, 2.05) is 13.8 Å². The molecule has 3 atom stereocenters. The molecular weight excluding hydrogens is 272 g/mol. The van der Waals surface area contributed by atoms with Crippen molar-refractivity contribution in [2.75, 3.05) is 6.61 Å². The zero-order chi connectivity index (χ0) is 16.0. The molecule has 0 amide bonds. The lowest BCUT2D eigenvalue weighted by Crippen LogP contribution is -2.36. The van der Waals surface area contributed by atoms with E-state index in [0.29, 0.717) is 12.8 Å². The number of aliphatic hydroxyl groups is 1. The Morgan fingerprint density at radius 1 is 1.38 bits per heavy atom. The first kappa shape index (κ1) is 17.9. The molecule has 0 spiro atoms. The molecule has 21 heavy (non-hydrogen) atoms. The normalized spacial score (nSPS) is 25.3. The Kier molecular flexibility index (Phi) is 6.58. The second kappa shape index (κ2) is 7.73. The SMILES string of the molecule is C=C[C@H]1OC(CC)(CC)O[C@H]1[C@@H](O)CC(=C)C(=O)OCC. The molecular formula is C16H26O5. The van der Waals surface area contributed by atoms with E-state index >= 15 is 0 Å². The zero-order valence-corrected chi connectivity index (χ0v) is 13.1. The molecule has 0 unspecified atom stereocenters. The van der Waals surface area contributed by atoms with Crippen LogP contribution in [0.1, 0.15) is 40.0 Å². The summed E-state index contributed by atoms with van der Waals surface area (Å²) < 4.78 is 16.7. The highest BCUT2D eigenvalue weighted by atomic mass is 16.8. The van der Waals surface area contributed by atoms with Crippen LogP contribution < -0.4 is 0 Å². The van der Waals surface area contributed by atoms with Gasteiger partial charge in [0.25, 0.3) is 0 Å². The third kappa shape index (κ3) is 4.15. The number of ether oxygens (including phenoxy) is 3. The Hall–Kier alpha value is -1.17. The van der Waals surface area contributed by atoms with Gasteiger partial charge in [0.1, 0.15) is 12.2 Å². The van der Waals surface area contributed by atoms with Gasteiger partial charge in [-0.1, -0.05) is 26.5 Å². The van der Waals surface area contributed by atoms with Crippen molar-refractivity contribution in [1.29, 1.82) is 0 Å². The molecule has 1 N–H and O–H groups in total. The molecule has 1 saturated heterocycles. The average Bonchev–Trinajstić information content (AvgIpc) is 2.87. The molecule has 5 nitrogen and oxygen atoms in total. The van der Waals surface area contributed by atoms with Crippen molar-refractivity contribution < 1.29 is 24.1 Å². The fourth-order valence-electron chi connectivity index (χ4n) is 2.41. The summed E-state index contributed by atoms with van der Waals surface area (Å²) in [5.74, 6) is -1.20. The highest BCUT2D eigenvalue weighted by Crippen LogP contribution is 2.37. The van der Waals surface area contributed by atoms with Crippen molar-refractivity contribution in [3.05, 3.63) is 24.8 Å². The Morgan fingerprint density at radius 3 is 2.48 bits per heavy atom. The van der Waals surface area contributed by atoms with Gasteiger partial charge in [0.2, 0.25) is 0 Å². The molecule has 1 rings (SSSR count). The molecule has 1 aliphatic rings. The summed E-state index contributed by atoms with van der Waals surface area (Å²) in [6.45, 7) is 13.3. The maximum atomic E-state index is 11.6. The van der Waals surface area contributed by atoms with Gasteiger partial charge in [0.15, 0.2) is 5.79 Å². The summed E-state index contributed by atoms with van der Waals surface area (Å²) in [4.78, 5) is 11.6. The van der Waals surface area contributed by atoms with E-state index in [1.165, 1.54) is 0 Å². The van der Waals surface area contributed by atoms with E-state index in [0.717, 1.165) is 0 Å². The smallest absolute Gasteiger partial charge is 0.333 e. The van der Waals surface area contributed by atoms with Crippen molar-refractivity contribution in [3.8, 4) is 0 Å². The molecule has 0 aromatic heterocycles. The quantitative estimate of drug-likeness (QED) is 0.423. The van der Waals surface area contributed by atoms with Crippen LogP contribution in [0.5, 0.6) is 0 Å². The van der Waals surface area contributed by atoms with Gasteiger partial charge in [0, 0.05) is 12.0 Å². The number of aliphatic hydroxyl groups excluding tert-OH is 1. The molecule has 0 aromatic rings. The molecule has 0 aromatic carbocycles. The van der Waals surface area contributed by atoms with Crippen molar-refractivity contribution >= 4 is 5.97 Å². The minimum Gasteiger partial charge on any atom is -0.463 e. The number of hydrogen-bond acceptors (Lipinski definition) is 5. The van der Waals surface area contributed by atoms with Crippen LogP contribution >= 0.6 is 0 Å². The maximum Gasteiger partial charge on any atom is 0.333 e. The molecule has 1 heterocycles. The average molecular weight is 298 g/mol. The van der Waals surface area contributed by atoms with Gasteiger partial charge >= 0.3 is 5.97 Å². The third-order valence-corrected chi connectivity index (χ3v) is 3.73. The van der Waals surface area contributed by atoms with E-state index in [4.69, 9.17) is 14.2 Å². The van der Waals surface area contributed by atoms with E-state index < -0.39 is 30.1 Å². The molecule has 1 fully saturated rings. The second-order valence-electron chi connectivity index (χ2n) is 5.11. The lowest BCUT2D eigenvalue weighted by molar-refractivity contribution is -0.184. The summed E-state index contributed by atoms with van der Waals surface area (Å²) in [5, 5.41) is 10.3. The first-order valence-corrected chi connectivity index (χ1v) is 7.44. The molecule has 0 aliphatic carbocycles. The predicted octanol–water partition coefficient (Wildman–Crippen LogP) is 2.34. The Labute approximate surface area is 126 Å². The summed E-state index contributed by atoms with van der Waals surface area (Å²) in [6, 6.07) is 0. The lowest BCUT2D eigenvalue weighted by atomic mass is 10.0. The van der Waals surface area contributed by atoms with Crippen molar-refractivity contribution in [2.45, 2.75) is 64.1 Å². The summed E-state index contributed by atoms with van der Waals surface area (Å²) >= 11 is 0. The van der Waals surface area contributed by atoms with Gasteiger partial charge in [0.05, 0.1) is 12.7 Å². The largest absolute Gasteiger partial charge is 0.463 e. The third-order valence-electron chi connectivity index (χ3n) is 3.73. The van der Waals surface area contributed by atoms with E-state index in [2.05, 4.69) is 13.2 Å². The van der Waals surface area contributed by atoms with Crippen LogP contribution in [0.3, 0.4) is 0 Å². The van der Waals surface area contributed by atoms with Gasteiger partial charge < -0.3 is 19.3 Å². The van der Waals surface area contributed by atoms with E-state index in [-0.39, 0.29) is 18.6 Å². The Morgan fingerprint density at radius 2 is 2.00 bits per heavy atom. The molecule has 0 radical (unpaired) electrons. The van der Waals surface area contributed by atoms with Gasteiger partial charge in [-0.15, -0.1) is 6.58 Å². The predicted molar refractivity (Wildman–Crippen MR) is 79.7 cm³/mol. The van der Waals surface area contributed by atoms with Crippen molar-refractivity contribution in [3.63, 3.8) is 0 Å². The summed E-state index contributed by atoms with van der Waals surface area (Å²) in [6.07, 6.45) is 1.19. The number of rotatable bonds is 8. The van der Waals surface area contributed by atoms with Crippen LogP contribution in [0.4, 0.5) is 0 Å². The molecule has 0 bridgehead atoms.